The lowest BCUT2D eigenvalue weighted by atomic mass is 9.48. The average Bonchev–Trinajstić information content (AvgIpc) is 2.85. The molecule has 4 aliphatic rings. The molecule has 4 saturated carbocycles. The second-order valence-corrected chi connectivity index (χ2v) is 11.3. The molecular weight excluding hydrogens is 438 g/mol. The number of hydrogen-bond acceptors (Lipinski definition) is 3. The van der Waals surface area contributed by atoms with E-state index in [1.54, 1.807) is 7.11 Å². The number of ether oxygens (including phenoxy) is 1. The van der Waals surface area contributed by atoms with Crippen molar-refractivity contribution >= 4 is 11.9 Å². The molecule has 0 heterocycles. The minimum absolute atomic E-state index is 0.105. The molecule has 6 rings (SSSR count). The number of methoxy groups -OCH3 is 1. The summed E-state index contributed by atoms with van der Waals surface area (Å²) in [7, 11) is 1.61. The maximum atomic E-state index is 12.9. The van der Waals surface area contributed by atoms with E-state index < -0.39 is 11.9 Å². The Kier molecular flexibility index (Phi) is 6.61. The molecule has 1 atom stereocenters. The van der Waals surface area contributed by atoms with Crippen LogP contribution in [-0.4, -0.2) is 24.1 Å². The first-order chi connectivity index (χ1) is 16.9. The summed E-state index contributed by atoms with van der Waals surface area (Å²) in [6, 6.07) is 14.1. The molecule has 5 heteroatoms. The molecule has 0 radical (unpaired) electrons. The summed E-state index contributed by atoms with van der Waals surface area (Å²) in [5, 5.41) is 12.4. The van der Waals surface area contributed by atoms with Crippen LogP contribution >= 0.6 is 0 Å². The number of carboxylic acids is 1. The van der Waals surface area contributed by atoms with Gasteiger partial charge in [-0.05, 0) is 104 Å². The molecule has 4 aliphatic carbocycles. The van der Waals surface area contributed by atoms with Gasteiger partial charge in [0, 0.05) is 17.7 Å². The van der Waals surface area contributed by atoms with Gasteiger partial charge in [-0.15, -0.1) is 0 Å². The Morgan fingerprint density at radius 2 is 1.66 bits per heavy atom. The highest BCUT2D eigenvalue weighted by Gasteiger charge is 2.51. The van der Waals surface area contributed by atoms with Crippen molar-refractivity contribution in [1.29, 1.82) is 0 Å². The molecule has 0 unspecified atom stereocenters. The van der Waals surface area contributed by atoms with Crippen LogP contribution in [0.15, 0.2) is 42.5 Å². The van der Waals surface area contributed by atoms with E-state index in [0.29, 0.717) is 36.1 Å². The fourth-order valence-electron chi connectivity index (χ4n) is 7.50. The van der Waals surface area contributed by atoms with Gasteiger partial charge in [0.05, 0.1) is 13.0 Å². The van der Waals surface area contributed by atoms with Crippen molar-refractivity contribution in [3.63, 3.8) is 0 Å². The highest BCUT2D eigenvalue weighted by molar-refractivity contribution is 5.94. The first-order valence-electron chi connectivity index (χ1n) is 13.2. The van der Waals surface area contributed by atoms with E-state index in [9.17, 15) is 14.7 Å². The van der Waals surface area contributed by atoms with Gasteiger partial charge in [-0.25, -0.2) is 0 Å². The molecule has 35 heavy (non-hydrogen) atoms. The maximum Gasteiger partial charge on any atom is 0.306 e. The van der Waals surface area contributed by atoms with Gasteiger partial charge in [0.15, 0.2) is 0 Å². The largest absolute Gasteiger partial charge is 0.496 e. The number of aliphatic carboxylic acids is 1. The molecular formula is C30H37NO4. The second-order valence-electron chi connectivity index (χ2n) is 11.3. The first-order valence-corrected chi connectivity index (χ1v) is 13.2. The molecule has 0 spiro atoms. The predicted molar refractivity (Wildman–Crippen MR) is 136 cm³/mol. The molecule has 4 fully saturated rings. The first kappa shape index (κ1) is 23.9. The van der Waals surface area contributed by atoms with E-state index in [0.717, 1.165) is 28.9 Å². The highest BCUT2D eigenvalue weighted by Crippen LogP contribution is 2.60. The third-order valence-corrected chi connectivity index (χ3v) is 8.91. The van der Waals surface area contributed by atoms with Gasteiger partial charge in [-0.3, -0.25) is 9.59 Å². The summed E-state index contributed by atoms with van der Waals surface area (Å²) in [4.78, 5) is 24.4. The van der Waals surface area contributed by atoms with Crippen LogP contribution < -0.4 is 10.1 Å². The normalized spacial score (nSPS) is 27.4. The maximum absolute atomic E-state index is 12.9. The Morgan fingerprint density at radius 3 is 2.20 bits per heavy atom. The average molecular weight is 476 g/mol. The third-order valence-electron chi connectivity index (χ3n) is 8.91. The lowest BCUT2D eigenvalue weighted by molar-refractivity contribution is -0.141. The zero-order chi connectivity index (χ0) is 24.6. The zero-order valence-corrected chi connectivity index (χ0v) is 20.9. The van der Waals surface area contributed by atoms with Crippen LogP contribution in [0.1, 0.15) is 78.9 Å². The molecule has 2 aromatic rings. The fourth-order valence-corrected chi connectivity index (χ4v) is 7.50. The van der Waals surface area contributed by atoms with Gasteiger partial charge in [0.2, 0.25) is 0 Å². The molecule has 2 N–H and O–H groups in total. The van der Waals surface area contributed by atoms with Gasteiger partial charge in [0.25, 0.3) is 5.91 Å². The summed E-state index contributed by atoms with van der Waals surface area (Å²) in [5.74, 6) is 2.09. The minimum Gasteiger partial charge on any atom is -0.496 e. The van der Waals surface area contributed by atoms with Gasteiger partial charge < -0.3 is 15.2 Å². The molecule has 0 aliphatic heterocycles. The molecule has 1 amide bonds. The third kappa shape index (κ3) is 4.82. The molecule has 0 aromatic heterocycles. The number of carboxylic acid groups (broad SMARTS) is 1. The van der Waals surface area contributed by atoms with Crippen LogP contribution in [0, 0.1) is 23.7 Å². The van der Waals surface area contributed by atoms with Gasteiger partial charge in [-0.1, -0.05) is 31.2 Å². The number of rotatable bonds is 9. The van der Waals surface area contributed by atoms with Crippen molar-refractivity contribution in [2.75, 3.05) is 7.11 Å². The number of hydrogen-bond donors (Lipinski definition) is 2. The highest BCUT2D eigenvalue weighted by atomic mass is 16.5. The van der Waals surface area contributed by atoms with E-state index in [1.807, 2.05) is 37.3 Å². The number of benzene rings is 2. The van der Waals surface area contributed by atoms with E-state index in [1.165, 1.54) is 44.1 Å². The molecule has 0 saturated heterocycles. The lowest BCUT2D eigenvalue weighted by Gasteiger charge is -2.57. The Morgan fingerprint density at radius 1 is 1.03 bits per heavy atom. The van der Waals surface area contributed by atoms with Crippen LogP contribution in [0.2, 0.25) is 0 Å². The number of carbonyl (C=O) groups excluding carboxylic acids is 1. The van der Waals surface area contributed by atoms with Gasteiger partial charge in [-0.2, -0.15) is 0 Å². The Hall–Kier alpha value is -2.82. The monoisotopic (exact) mass is 475 g/mol. The smallest absolute Gasteiger partial charge is 0.306 e. The van der Waals surface area contributed by atoms with E-state index in [-0.39, 0.29) is 5.91 Å². The Labute approximate surface area is 208 Å². The predicted octanol–water partition coefficient (Wildman–Crippen LogP) is 5.75. The lowest BCUT2D eigenvalue weighted by Crippen LogP contribution is -2.48. The van der Waals surface area contributed by atoms with E-state index >= 15 is 0 Å². The van der Waals surface area contributed by atoms with Crippen molar-refractivity contribution in [3.05, 3.63) is 64.7 Å². The van der Waals surface area contributed by atoms with Gasteiger partial charge in [0.1, 0.15) is 5.75 Å². The van der Waals surface area contributed by atoms with Crippen LogP contribution in [0.25, 0.3) is 0 Å². The van der Waals surface area contributed by atoms with Crippen molar-refractivity contribution in [2.24, 2.45) is 23.7 Å². The van der Waals surface area contributed by atoms with E-state index in [4.69, 9.17) is 4.74 Å². The number of amides is 1. The fraction of sp³-hybridized carbons (Fsp3) is 0.533. The molecule has 4 bridgehead atoms. The van der Waals surface area contributed by atoms with Crippen LogP contribution in [0.5, 0.6) is 5.75 Å². The minimum atomic E-state index is -0.782. The van der Waals surface area contributed by atoms with Crippen LogP contribution in [0.4, 0.5) is 0 Å². The summed E-state index contributed by atoms with van der Waals surface area (Å²) >= 11 is 0. The molecule has 186 valence electrons. The standard InChI is InChI=1S/C30H37NO4/c1-3-23(29(33)34)13-19-4-9-27(35-2)25(14-19)18-31-28(32)24-5-7-26(8-6-24)30-15-20-10-21(16-30)12-22(11-20)17-30/h4-9,14,20-23H,3,10-13,15-18H2,1-2H3,(H,31,32)(H,33,34)/t20?,21?,22?,23-,30?/m1/s1. The van der Waals surface area contributed by atoms with E-state index in [2.05, 4.69) is 17.4 Å². The summed E-state index contributed by atoms with van der Waals surface area (Å²) < 4.78 is 5.48. The number of nitrogens with one attached hydrogen (secondary N) is 1. The van der Waals surface area contributed by atoms with Crippen molar-refractivity contribution in [1.82, 2.24) is 5.32 Å². The molecule has 2 aromatic carbocycles. The zero-order valence-electron chi connectivity index (χ0n) is 20.9. The van der Waals surface area contributed by atoms with Crippen molar-refractivity contribution in [2.45, 2.75) is 70.3 Å². The number of carbonyl (C=O) groups is 2. The van der Waals surface area contributed by atoms with Crippen LogP contribution in [-0.2, 0) is 23.2 Å². The summed E-state index contributed by atoms with van der Waals surface area (Å²) in [5.41, 5.74) is 4.22. The molecule has 5 nitrogen and oxygen atoms in total. The Bertz CT molecular complexity index is 1050. The SMILES string of the molecule is CC[C@H](Cc1ccc(OC)c(CNC(=O)c2ccc(C34CC5CC(CC(C5)C3)C4)cc2)c1)C(=O)O. The summed E-state index contributed by atoms with van der Waals surface area (Å²) in [6.45, 7) is 2.22. The topological polar surface area (TPSA) is 75.6 Å². The summed E-state index contributed by atoms with van der Waals surface area (Å²) in [6.07, 6.45) is 9.29. The van der Waals surface area contributed by atoms with Gasteiger partial charge >= 0.3 is 5.97 Å². The second kappa shape index (κ2) is 9.67. The van der Waals surface area contributed by atoms with Crippen molar-refractivity contribution < 1.29 is 19.4 Å². The van der Waals surface area contributed by atoms with Crippen molar-refractivity contribution in [3.8, 4) is 5.75 Å². The quantitative estimate of drug-likeness (QED) is 0.484. The van der Waals surface area contributed by atoms with Crippen LogP contribution in [0.3, 0.4) is 0 Å². The Balaban J connectivity index is 1.25.